The van der Waals surface area contributed by atoms with Gasteiger partial charge in [-0.05, 0) is 37.0 Å². The number of likely N-dealkylation sites (tertiary alicyclic amines) is 1. The molecule has 1 saturated heterocycles. The molecule has 1 aliphatic rings. The number of amides is 2. The second kappa shape index (κ2) is 7.77. The zero-order chi connectivity index (χ0) is 16.8. The van der Waals surface area contributed by atoms with E-state index in [1.807, 2.05) is 48.5 Å². The molecule has 3 rings (SSSR count). The van der Waals surface area contributed by atoms with Crippen LogP contribution < -0.4 is 5.32 Å². The Hall–Kier alpha value is -2.62. The minimum Gasteiger partial charge on any atom is -0.354 e. The van der Waals surface area contributed by atoms with Gasteiger partial charge in [-0.25, -0.2) is 0 Å². The highest BCUT2D eigenvalue weighted by Gasteiger charge is 2.34. The maximum absolute atomic E-state index is 12.6. The van der Waals surface area contributed by atoms with Crippen molar-refractivity contribution < 1.29 is 9.59 Å². The molecule has 1 aliphatic heterocycles. The van der Waals surface area contributed by atoms with Gasteiger partial charge in [-0.15, -0.1) is 0 Å². The van der Waals surface area contributed by atoms with E-state index in [2.05, 4.69) is 5.32 Å². The molecule has 0 aliphatic carbocycles. The van der Waals surface area contributed by atoms with E-state index >= 15 is 0 Å². The lowest BCUT2D eigenvalue weighted by atomic mass is 10.1. The molecule has 1 unspecified atom stereocenters. The molecule has 2 amide bonds. The largest absolute Gasteiger partial charge is 0.354 e. The van der Waals surface area contributed by atoms with E-state index in [4.69, 9.17) is 0 Å². The van der Waals surface area contributed by atoms with Gasteiger partial charge in [0.25, 0.3) is 5.91 Å². The zero-order valence-electron chi connectivity index (χ0n) is 13.7. The van der Waals surface area contributed by atoms with Crippen LogP contribution in [0.4, 0.5) is 0 Å². The Balaban J connectivity index is 1.56. The summed E-state index contributed by atoms with van der Waals surface area (Å²) >= 11 is 0. The average Bonchev–Trinajstić information content (AvgIpc) is 3.12. The standard InChI is InChI=1S/C20H22N2O2/c23-19(21-14-13-16-8-3-1-4-9-16)18-12-7-15-22(18)20(24)17-10-5-2-6-11-17/h1-6,8-11,18H,7,12-15H2,(H,21,23). The predicted molar refractivity (Wildman–Crippen MR) is 93.7 cm³/mol. The van der Waals surface area contributed by atoms with Crippen LogP contribution in [0.5, 0.6) is 0 Å². The number of hydrogen-bond donors (Lipinski definition) is 1. The van der Waals surface area contributed by atoms with Gasteiger partial charge < -0.3 is 10.2 Å². The van der Waals surface area contributed by atoms with Gasteiger partial charge in [0.1, 0.15) is 6.04 Å². The molecule has 2 aromatic rings. The van der Waals surface area contributed by atoms with Crippen molar-refractivity contribution in [2.45, 2.75) is 25.3 Å². The molecule has 24 heavy (non-hydrogen) atoms. The van der Waals surface area contributed by atoms with Crippen molar-refractivity contribution in [3.8, 4) is 0 Å². The Labute approximate surface area is 142 Å². The summed E-state index contributed by atoms with van der Waals surface area (Å²) in [7, 11) is 0. The Morgan fingerprint density at radius 3 is 2.38 bits per heavy atom. The minimum absolute atomic E-state index is 0.0484. The van der Waals surface area contributed by atoms with Crippen LogP contribution >= 0.6 is 0 Å². The fourth-order valence-corrected chi connectivity index (χ4v) is 3.12. The summed E-state index contributed by atoms with van der Waals surface area (Å²) in [6, 6.07) is 18.9. The second-order valence-electron chi connectivity index (χ2n) is 6.05. The van der Waals surface area contributed by atoms with Gasteiger partial charge in [0.2, 0.25) is 5.91 Å². The molecular formula is C20H22N2O2. The van der Waals surface area contributed by atoms with Crippen LogP contribution in [-0.2, 0) is 11.2 Å². The molecule has 0 spiro atoms. The van der Waals surface area contributed by atoms with Crippen molar-refractivity contribution in [3.63, 3.8) is 0 Å². The molecule has 4 heteroatoms. The van der Waals surface area contributed by atoms with Crippen molar-refractivity contribution >= 4 is 11.8 Å². The highest BCUT2D eigenvalue weighted by atomic mass is 16.2. The van der Waals surface area contributed by atoms with E-state index in [9.17, 15) is 9.59 Å². The Morgan fingerprint density at radius 1 is 1.00 bits per heavy atom. The molecule has 0 aromatic heterocycles. The fourth-order valence-electron chi connectivity index (χ4n) is 3.12. The first-order valence-electron chi connectivity index (χ1n) is 8.43. The van der Waals surface area contributed by atoms with Gasteiger partial charge >= 0.3 is 0 Å². The highest BCUT2D eigenvalue weighted by molar-refractivity contribution is 5.97. The maximum atomic E-state index is 12.6. The molecule has 1 atom stereocenters. The second-order valence-corrected chi connectivity index (χ2v) is 6.05. The minimum atomic E-state index is -0.353. The van der Waals surface area contributed by atoms with Gasteiger partial charge in [0, 0.05) is 18.7 Å². The topological polar surface area (TPSA) is 49.4 Å². The van der Waals surface area contributed by atoms with E-state index in [1.54, 1.807) is 17.0 Å². The van der Waals surface area contributed by atoms with Gasteiger partial charge in [-0.1, -0.05) is 48.5 Å². The molecule has 0 radical (unpaired) electrons. The van der Waals surface area contributed by atoms with Crippen molar-refractivity contribution in [3.05, 3.63) is 71.8 Å². The van der Waals surface area contributed by atoms with Crippen molar-refractivity contribution in [1.29, 1.82) is 0 Å². The van der Waals surface area contributed by atoms with Crippen LogP contribution in [0.2, 0.25) is 0 Å². The highest BCUT2D eigenvalue weighted by Crippen LogP contribution is 2.20. The van der Waals surface area contributed by atoms with Crippen molar-refractivity contribution in [2.24, 2.45) is 0 Å². The summed E-state index contributed by atoms with van der Waals surface area (Å²) < 4.78 is 0. The van der Waals surface area contributed by atoms with Crippen LogP contribution in [0.15, 0.2) is 60.7 Å². The zero-order valence-corrected chi connectivity index (χ0v) is 13.7. The monoisotopic (exact) mass is 322 g/mol. The van der Waals surface area contributed by atoms with Crippen LogP contribution in [-0.4, -0.2) is 35.8 Å². The third-order valence-electron chi connectivity index (χ3n) is 4.39. The first-order chi connectivity index (χ1) is 11.8. The van der Waals surface area contributed by atoms with Crippen LogP contribution in [0.3, 0.4) is 0 Å². The number of carbonyl (C=O) groups is 2. The number of benzene rings is 2. The van der Waals surface area contributed by atoms with Gasteiger partial charge in [-0.3, -0.25) is 9.59 Å². The molecule has 0 bridgehead atoms. The smallest absolute Gasteiger partial charge is 0.254 e. The van der Waals surface area contributed by atoms with E-state index in [1.165, 1.54) is 5.56 Å². The number of hydrogen-bond acceptors (Lipinski definition) is 2. The normalized spacial score (nSPS) is 16.8. The SMILES string of the molecule is O=C(NCCc1ccccc1)C1CCCN1C(=O)c1ccccc1. The summed E-state index contributed by atoms with van der Waals surface area (Å²) in [5.41, 5.74) is 1.84. The molecule has 1 N–H and O–H groups in total. The van der Waals surface area contributed by atoms with Crippen LogP contribution in [0, 0.1) is 0 Å². The average molecular weight is 322 g/mol. The van der Waals surface area contributed by atoms with Crippen LogP contribution in [0.25, 0.3) is 0 Å². The third-order valence-corrected chi connectivity index (χ3v) is 4.39. The Kier molecular flexibility index (Phi) is 5.26. The molecular weight excluding hydrogens is 300 g/mol. The van der Waals surface area contributed by atoms with Crippen molar-refractivity contribution in [1.82, 2.24) is 10.2 Å². The molecule has 0 saturated carbocycles. The van der Waals surface area contributed by atoms with Crippen molar-refractivity contribution in [2.75, 3.05) is 13.1 Å². The maximum Gasteiger partial charge on any atom is 0.254 e. The van der Waals surface area contributed by atoms with Gasteiger partial charge in [0.05, 0.1) is 0 Å². The summed E-state index contributed by atoms with van der Waals surface area (Å²) in [5.74, 6) is -0.107. The number of nitrogens with zero attached hydrogens (tertiary/aromatic N) is 1. The summed E-state index contributed by atoms with van der Waals surface area (Å²) in [4.78, 5) is 26.8. The summed E-state index contributed by atoms with van der Waals surface area (Å²) in [6.45, 7) is 1.23. The number of nitrogens with one attached hydrogen (secondary N) is 1. The Bertz CT molecular complexity index is 685. The molecule has 4 nitrogen and oxygen atoms in total. The first kappa shape index (κ1) is 16.2. The molecule has 124 valence electrons. The van der Waals surface area contributed by atoms with Crippen LogP contribution in [0.1, 0.15) is 28.8 Å². The Morgan fingerprint density at radius 2 is 1.67 bits per heavy atom. The van der Waals surface area contributed by atoms with E-state index < -0.39 is 0 Å². The summed E-state index contributed by atoms with van der Waals surface area (Å²) in [5, 5.41) is 2.98. The van der Waals surface area contributed by atoms with Gasteiger partial charge in [-0.2, -0.15) is 0 Å². The van der Waals surface area contributed by atoms with Gasteiger partial charge in [0.15, 0.2) is 0 Å². The van der Waals surface area contributed by atoms with E-state index in [0.717, 1.165) is 19.3 Å². The molecule has 1 fully saturated rings. The van der Waals surface area contributed by atoms with E-state index in [0.29, 0.717) is 18.7 Å². The lowest BCUT2D eigenvalue weighted by Gasteiger charge is -2.24. The van der Waals surface area contributed by atoms with E-state index in [-0.39, 0.29) is 17.9 Å². The molecule has 2 aromatic carbocycles. The summed E-state index contributed by atoms with van der Waals surface area (Å²) in [6.07, 6.45) is 2.40. The number of carbonyl (C=O) groups excluding carboxylic acids is 2. The lowest BCUT2D eigenvalue weighted by Crippen LogP contribution is -2.46. The predicted octanol–water partition coefficient (Wildman–Crippen LogP) is 2.65. The third kappa shape index (κ3) is 3.82. The number of rotatable bonds is 5. The fraction of sp³-hybridized carbons (Fsp3) is 0.300. The molecule has 1 heterocycles. The first-order valence-corrected chi connectivity index (χ1v) is 8.43. The lowest BCUT2D eigenvalue weighted by molar-refractivity contribution is -0.124. The quantitative estimate of drug-likeness (QED) is 0.920.